The van der Waals surface area contributed by atoms with Gasteiger partial charge in [0.1, 0.15) is 5.69 Å². The summed E-state index contributed by atoms with van der Waals surface area (Å²) in [4.78, 5) is 15.8. The summed E-state index contributed by atoms with van der Waals surface area (Å²) < 4.78 is 10.2. The Morgan fingerprint density at radius 1 is 1.44 bits per heavy atom. The summed E-state index contributed by atoms with van der Waals surface area (Å²) in [5.74, 6) is 0.781. The molecule has 0 aromatic carbocycles. The second-order valence-electron chi connectivity index (χ2n) is 3.12. The number of aromatic nitrogens is 1. The van der Waals surface area contributed by atoms with Gasteiger partial charge in [-0.05, 0) is 0 Å². The molecule has 0 atom stereocenters. The number of anilines is 1. The van der Waals surface area contributed by atoms with Crippen LogP contribution in [0, 0.1) is 0 Å². The highest BCUT2D eigenvalue weighted by atomic mass is 16.5. The van der Waals surface area contributed by atoms with Crippen LogP contribution in [0.1, 0.15) is 23.8 Å². The molecular weight excluding hydrogens is 208 g/mol. The minimum absolute atomic E-state index is 0.0368. The summed E-state index contributed by atoms with van der Waals surface area (Å²) >= 11 is 0. The Kier molecular flexibility index (Phi) is 4.10. The van der Waals surface area contributed by atoms with Crippen LogP contribution < -0.4 is 14.8 Å². The zero-order chi connectivity index (χ0) is 12.1. The topological polar surface area (TPSA) is 60.5 Å². The molecule has 0 aliphatic rings. The second-order valence-corrected chi connectivity index (χ2v) is 3.12. The molecule has 1 heterocycles. The van der Waals surface area contributed by atoms with Gasteiger partial charge in [-0.25, -0.2) is 4.98 Å². The van der Waals surface area contributed by atoms with Crippen LogP contribution in [0.5, 0.6) is 11.6 Å². The summed E-state index contributed by atoms with van der Waals surface area (Å²) in [5.41, 5.74) is 1.02. The van der Waals surface area contributed by atoms with E-state index in [1.54, 1.807) is 20.0 Å². The van der Waals surface area contributed by atoms with Crippen molar-refractivity contribution in [3.05, 3.63) is 11.8 Å². The van der Waals surface area contributed by atoms with Crippen molar-refractivity contribution < 1.29 is 14.3 Å². The predicted molar refractivity (Wildman–Crippen MR) is 61.5 cm³/mol. The smallest absolute Gasteiger partial charge is 0.257 e. The summed E-state index contributed by atoms with van der Waals surface area (Å²) in [5, 5.41) is 2.92. The number of ketones is 1. The molecule has 1 N–H and O–H groups in total. The van der Waals surface area contributed by atoms with E-state index >= 15 is 0 Å². The summed E-state index contributed by atoms with van der Waals surface area (Å²) in [6, 6.07) is 1.70. The molecule has 0 saturated carbocycles. The van der Waals surface area contributed by atoms with Gasteiger partial charge in [0.15, 0.2) is 11.5 Å². The molecule has 0 fully saturated rings. The monoisotopic (exact) mass is 224 g/mol. The number of nitrogens with zero attached hydrogens (tertiary/aromatic N) is 1. The number of nitrogens with one attached hydrogen (secondary N) is 1. The zero-order valence-corrected chi connectivity index (χ0v) is 9.96. The van der Waals surface area contributed by atoms with Crippen molar-refractivity contribution in [1.29, 1.82) is 0 Å². The second kappa shape index (κ2) is 5.34. The highest BCUT2D eigenvalue weighted by molar-refractivity contribution is 5.99. The molecule has 1 rings (SSSR count). The molecule has 0 amide bonds. The van der Waals surface area contributed by atoms with Gasteiger partial charge in [-0.2, -0.15) is 0 Å². The van der Waals surface area contributed by atoms with Crippen LogP contribution in [0.3, 0.4) is 0 Å². The van der Waals surface area contributed by atoms with E-state index in [9.17, 15) is 4.79 Å². The Morgan fingerprint density at radius 3 is 2.56 bits per heavy atom. The Hall–Kier alpha value is -1.78. The third-order valence-electron chi connectivity index (χ3n) is 2.22. The molecule has 0 spiro atoms. The van der Waals surface area contributed by atoms with Crippen molar-refractivity contribution in [3.63, 3.8) is 0 Å². The number of hydrogen-bond donors (Lipinski definition) is 1. The normalized spacial score (nSPS) is 9.75. The van der Waals surface area contributed by atoms with Gasteiger partial charge >= 0.3 is 0 Å². The van der Waals surface area contributed by atoms with E-state index < -0.39 is 0 Å². The molecule has 0 radical (unpaired) electrons. The van der Waals surface area contributed by atoms with Crippen molar-refractivity contribution in [3.8, 4) is 11.6 Å². The first-order chi connectivity index (χ1) is 7.67. The Balaban J connectivity index is 3.31. The quantitative estimate of drug-likeness (QED) is 0.772. The molecule has 88 valence electrons. The molecule has 0 aliphatic heterocycles. The fourth-order valence-corrected chi connectivity index (χ4v) is 1.34. The van der Waals surface area contributed by atoms with Crippen LogP contribution in [0.2, 0.25) is 0 Å². The minimum Gasteiger partial charge on any atom is -0.491 e. The number of pyridine rings is 1. The van der Waals surface area contributed by atoms with Crippen molar-refractivity contribution in [2.24, 2.45) is 0 Å². The lowest BCUT2D eigenvalue weighted by molar-refractivity contribution is 0.0983. The molecular formula is C11H16N2O3. The molecule has 0 aliphatic carbocycles. The van der Waals surface area contributed by atoms with E-state index in [1.807, 2.05) is 0 Å². The van der Waals surface area contributed by atoms with E-state index in [0.717, 1.165) is 0 Å². The maximum absolute atomic E-state index is 11.7. The summed E-state index contributed by atoms with van der Waals surface area (Å²) in [7, 11) is 4.75. The lowest BCUT2D eigenvalue weighted by atomic mass is 10.1. The molecule has 1 aromatic heterocycles. The SMILES string of the molecule is CCC(=O)c1nc(OC)c(OC)cc1NC. The van der Waals surface area contributed by atoms with E-state index in [1.165, 1.54) is 14.2 Å². The van der Waals surface area contributed by atoms with Crippen molar-refractivity contribution in [2.75, 3.05) is 26.6 Å². The van der Waals surface area contributed by atoms with Gasteiger partial charge in [0.05, 0.1) is 19.9 Å². The number of Topliss-reactive ketones (excluding diaryl/α,β-unsaturated/α-hetero) is 1. The van der Waals surface area contributed by atoms with Gasteiger partial charge in [0.25, 0.3) is 5.88 Å². The molecule has 5 heteroatoms. The molecule has 1 aromatic rings. The van der Waals surface area contributed by atoms with Crippen molar-refractivity contribution in [1.82, 2.24) is 4.98 Å². The van der Waals surface area contributed by atoms with Crippen LogP contribution in [0.25, 0.3) is 0 Å². The van der Waals surface area contributed by atoms with Gasteiger partial charge < -0.3 is 14.8 Å². The molecule has 16 heavy (non-hydrogen) atoms. The molecule has 0 unspecified atom stereocenters. The average molecular weight is 224 g/mol. The summed E-state index contributed by atoms with van der Waals surface area (Å²) in [6.45, 7) is 1.79. The van der Waals surface area contributed by atoms with Gasteiger partial charge in [-0.15, -0.1) is 0 Å². The van der Waals surface area contributed by atoms with Crippen LogP contribution >= 0.6 is 0 Å². The van der Waals surface area contributed by atoms with E-state index in [0.29, 0.717) is 29.4 Å². The third-order valence-corrected chi connectivity index (χ3v) is 2.22. The predicted octanol–water partition coefficient (Wildman–Crippen LogP) is 1.73. The zero-order valence-electron chi connectivity index (χ0n) is 9.96. The van der Waals surface area contributed by atoms with Gasteiger partial charge in [-0.1, -0.05) is 6.92 Å². The lowest BCUT2D eigenvalue weighted by Crippen LogP contribution is -2.08. The third kappa shape index (κ3) is 2.24. The van der Waals surface area contributed by atoms with E-state index in [4.69, 9.17) is 9.47 Å². The van der Waals surface area contributed by atoms with Gasteiger partial charge in [0, 0.05) is 19.5 Å². The van der Waals surface area contributed by atoms with Crippen molar-refractivity contribution >= 4 is 11.5 Å². The number of carbonyl (C=O) groups is 1. The lowest BCUT2D eigenvalue weighted by Gasteiger charge is -2.12. The Morgan fingerprint density at radius 2 is 2.12 bits per heavy atom. The fraction of sp³-hybridized carbons (Fsp3) is 0.455. The van der Waals surface area contributed by atoms with Gasteiger partial charge in [-0.3, -0.25) is 4.79 Å². The first-order valence-corrected chi connectivity index (χ1v) is 5.01. The number of hydrogen-bond acceptors (Lipinski definition) is 5. The van der Waals surface area contributed by atoms with Crippen LogP contribution in [-0.4, -0.2) is 32.0 Å². The molecule has 0 bridgehead atoms. The highest BCUT2D eigenvalue weighted by Crippen LogP contribution is 2.30. The largest absolute Gasteiger partial charge is 0.491 e. The maximum atomic E-state index is 11.7. The standard InChI is InChI=1S/C11H16N2O3/c1-5-8(14)10-7(12-2)6-9(15-3)11(13-10)16-4/h6,12H,5H2,1-4H3. The van der Waals surface area contributed by atoms with Crippen molar-refractivity contribution in [2.45, 2.75) is 13.3 Å². The maximum Gasteiger partial charge on any atom is 0.257 e. The van der Waals surface area contributed by atoms with Gasteiger partial charge in [0.2, 0.25) is 0 Å². The summed E-state index contributed by atoms with van der Waals surface area (Å²) in [6.07, 6.45) is 0.400. The van der Waals surface area contributed by atoms with Crippen LogP contribution in [0.4, 0.5) is 5.69 Å². The molecule has 5 nitrogen and oxygen atoms in total. The van der Waals surface area contributed by atoms with E-state index in [2.05, 4.69) is 10.3 Å². The Labute approximate surface area is 94.8 Å². The fourth-order valence-electron chi connectivity index (χ4n) is 1.34. The number of ether oxygens (including phenoxy) is 2. The first-order valence-electron chi connectivity index (χ1n) is 5.01. The highest BCUT2D eigenvalue weighted by Gasteiger charge is 2.16. The van der Waals surface area contributed by atoms with Crippen LogP contribution in [-0.2, 0) is 0 Å². The number of carbonyl (C=O) groups excluding carboxylic acids is 1. The average Bonchev–Trinajstić information content (AvgIpc) is 2.35. The minimum atomic E-state index is -0.0368. The number of rotatable bonds is 5. The Bertz CT molecular complexity index is 391. The first kappa shape index (κ1) is 12.3. The number of methoxy groups -OCH3 is 2. The molecule has 0 saturated heterocycles. The van der Waals surface area contributed by atoms with Crippen LogP contribution in [0.15, 0.2) is 6.07 Å². The van der Waals surface area contributed by atoms with E-state index in [-0.39, 0.29) is 5.78 Å².